The average Bonchev–Trinajstić information content (AvgIpc) is 3.09. The van der Waals surface area contributed by atoms with E-state index in [9.17, 15) is 0 Å². The van der Waals surface area contributed by atoms with Crippen LogP contribution in [0.25, 0.3) is 10.9 Å². The summed E-state index contributed by atoms with van der Waals surface area (Å²) in [6.45, 7) is 7.55. The lowest BCUT2D eigenvalue weighted by atomic mass is 9.91. The first-order valence-electron chi connectivity index (χ1n) is 10.6. The SMILES string of the molecule is CCCN(CC)c1ccc(CN[C@@H]2CCCc3c2[nH]c2ccc(Br)cc32)cc1. The number of benzene rings is 2. The largest absolute Gasteiger partial charge is 0.372 e. The number of fused-ring (bicyclic) bond motifs is 3. The summed E-state index contributed by atoms with van der Waals surface area (Å²) in [5.74, 6) is 0. The van der Waals surface area contributed by atoms with Gasteiger partial charge in [-0.15, -0.1) is 0 Å². The summed E-state index contributed by atoms with van der Waals surface area (Å²) in [5, 5.41) is 5.17. The molecule has 1 atom stereocenters. The van der Waals surface area contributed by atoms with Crippen LogP contribution >= 0.6 is 15.9 Å². The van der Waals surface area contributed by atoms with Gasteiger partial charge in [0.05, 0.1) is 0 Å². The quantitative estimate of drug-likeness (QED) is 0.450. The lowest BCUT2D eigenvalue weighted by Gasteiger charge is -2.25. The Kier molecular flexibility index (Phi) is 6.07. The standard InChI is InChI=1S/C24H30BrN3/c1-3-14-28(4-2)19-11-8-17(9-12-19)16-26-23-7-5-6-20-21-15-18(25)10-13-22(21)27-24(20)23/h8-13,15,23,26-27H,3-7,14,16H2,1-2H3/t23-/m1/s1. The third-order valence-corrected chi connectivity index (χ3v) is 6.39. The van der Waals surface area contributed by atoms with Crippen molar-refractivity contribution < 1.29 is 0 Å². The Bertz CT molecular complexity index is 929. The number of anilines is 1. The number of aryl methyl sites for hydroxylation is 1. The van der Waals surface area contributed by atoms with Crippen molar-refractivity contribution in [1.82, 2.24) is 10.3 Å². The number of aromatic amines is 1. The molecule has 4 rings (SSSR count). The molecule has 1 aromatic heterocycles. The molecule has 1 aliphatic rings. The Morgan fingerprint density at radius 1 is 1.14 bits per heavy atom. The second-order valence-corrected chi connectivity index (χ2v) is 8.69. The van der Waals surface area contributed by atoms with Crippen LogP contribution in [0, 0.1) is 0 Å². The maximum Gasteiger partial charge on any atom is 0.0478 e. The van der Waals surface area contributed by atoms with Gasteiger partial charge in [-0.25, -0.2) is 0 Å². The molecule has 3 nitrogen and oxygen atoms in total. The minimum Gasteiger partial charge on any atom is -0.372 e. The molecule has 0 bridgehead atoms. The van der Waals surface area contributed by atoms with Crippen molar-refractivity contribution in [3.8, 4) is 0 Å². The fourth-order valence-electron chi connectivity index (χ4n) is 4.44. The second-order valence-electron chi connectivity index (χ2n) is 7.78. The van der Waals surface area contributed by atoms with E-state index in [1.165, 1.54) is 59.1 Å². The van der Waals surface area contributed by atoms with Crippen molar-refractivity contribution in [1.29, 1.82) is 0 Å². The van der Waals surface area contributed by atoms with Crippen LogP contribution in [0.5, 0.6) is 0 Å². The first kappa shape index (κ1) is 19.5. The maximum absolute atomic E-state index is 3.80. The molecule has 4 heteroatoms. The molecular weight excluding hydrogens is 410 g/mol. The Morgan fingerprint density at radius 2 is 1.96 bits per heavy atom. The van der Waals surface area contributed by atoms with Gasteiger partial charge >= 0.3 is 0 Å². The highest BCUT2D eigenvalue weighted by Gasteiger charge is 2.24. The summed E-state index contributed by atoms with van der Waals surface area (Å²) in [6, 6.07) is 16.0. The van der Waals surface area contributed by atoms with Crippen LogP contribution < -0.4 is 10.2 Å². The monoisotopic (exact) mass is 439 g/mol. The number of rotatable bonds is 7. The number of nitrogens with zero attached hydrogens (tertiary/aromatic N) is 1. The molecule has 148 valence electrons. The van der Waals surface area contributed by atoms with Crippen LogP contribution in [0.1, 0.15) is 56.0 Å². The molecule has 0 spiro atoms. The smallest absolute Gasteiger partial charge is 0.0478 e. The zero-order valence-electron chi connectivity index (χ0n) is 16.9. The molecule has 0 fully saturated rings. The van der Waals surface area contributed by atoms with Gasteiger partial charge in [0.15, 0.2) is 0 Å². The first-order chi connectivity index (χ1) is 13.7. The summed E-state index contributed by atoms with van der Waals surface area (Å²) < 4.78 is 1.15. The molecule has 0 unspecified atom stereocenters. The van der Waals surface area contributed by atoms with E-state index >= 15 is 0 Å². The first-order valence-corrected chi connectivity index (χ1v) is 11.4. The van der Waals surface area contributed by atoms with Crippen LogP contribution in [-0.4, -0.2) is 18.1 Å². The zero-order valence-corrected chi connectivity index (χ0v) is 18.5. The van der Waals surface area contributed by atoms with E-state index in [2.05, 4.69) is 87.4 Å². The molecule has 0 aliphatic heterocycles. The van der Waals surface area contributed by atoms with Crippen molar-refractivity contribution >= 4 is 32.5 Å². The Hall–Kier alpha value is -1.78. The third-order valence-electron chi connectivity index (χ3n) is 5.90. The van der Waals surface area contributed by atoms with Gasteiger partial charge in [0.25, 0.3) is 0 Å². The predicted octanol–water partition coefficient (Wildman–Crippen LogP) is 6.33. The average molecular weight is 440 g/mol. The highest BCUT2D eigenvalue weighted by atomic mass is 79.9. The van der Waals surface area contributed by atoms with E-state index in [4.69, 9.17) is 0 Å². The summed E-state index contributed by atoms with van der Waals surface area (Å²) in [5.41, 5.74) is 6.81. The molecule has 0 amide bonds. The number of hydrogen-bond acceptors (Lipinski definition) is 2. The fourth-order valence-corrected chi connectivity index (χ4v) is 4.81. The minimum atomic E-state index is 0.404. The number of aromatic nitrogens is 1. The normalized spacial score (nSPS) is 16.3. The van der Waals surface area contributed by atoms with Crippen LogP contribution in [0.15, 0.2) is 46.9 Å². The molecule has 0 saturated heterocycles. The van der Waals surface area contributed by atoms with Crippen molar-refractivity contribution in [2.45, 2.75) is 52.1 Å². The number of halogens is 1. The highest BCUT2D eigenvalue weighted by molar-refractivity contribution is 9.10. The maximum atomic E-state index is 3.80. The van der Waals surface area contributed by atoms with Crippen molar-refractivity contribution in [3.05, 3.63) is 63.8 Å². The molecular formula is C24H30BrN3. The molecule has 1 heterocycles. The third kappa shape index (κ3) is 3.99. The number of H-pyrrole nitrogens is 1. The Labute approximate surface area is 176 Å². The predicted molar refractivity (Wildman–Crippen MR) is 123 cm³/mol. The van der Waals surface area contributed by atoms with Crippen LogP contribution in [0.3, 0.4) is 0 Å². The van der Waals surface area contributed by atoms with E-state index in [0.717, 1.165) is 24.1 Å². The number of nitrogens with one attached hydrogen (secondary N) is 2. The van der Waals surface area contributed by atoms with E-state index < -0.39 is 0 Å². The Balaban J connectivity index is 1.47. The van der Waals surface area contributed by atoms with Crippen molar-refractivity contribution in [2.24, 2.45) is 0 Å². The van der Waals surface area contributed by atoms with Gasteiger partial charge in [-0.2, -0.15) is 0 Å². The summed E-state index contributed by atoms with van der Waals surface area (Å²) in [6.07, 6.45) is 4.79. The van der Waals surface area contributed by atoms with E-state index in [0.29, 0.717) is 6.04 Å². The topological polar surface area (TPSA) is 31.1 Å². The van der Waals surface area contributed by atoms with Crippen molar-refractivity contribution in [2.75, 3.05) is 18.0 Å². The highest BCUT2D eigenvalue weighted by Crippen LogP contribution is 2.36. The van der Waals surface area contributed by atoms with Gasteiger partial charge in [-0.05, 0) is 74.1 Å². The van der Waals surface area contributed by atoms with Crippen LogP contribution in [-0.2, 0) is 13.0 Å². The van der Waals surface area contributed by atoms with Crippen LogP contribution in [0.2, 0.25) is 0 Å². The van der Waals surface area contributed by atoms with Gasteiger partial charge in [0.2, 0.25) is 0 Å². The molecule has 0 radical (unpaired) electrons. The van der Waals surface area contributed by atoms with Crippen LogP contribution in [0.4, 0.5) is 5.69 Å². The minimum absolute atomic E-state index is 0.404. The lowest BCUT2D eigenvalue weighted by Crippen LogP contribution is -2.25. The van der Waals surface area contributed by atoms with Gasteiger partial charge in [-0.3, -0.25) is 0 Å². The molecule has 28 heavy (non-hydrogen) atoms. The van der Waals surface area contributed by atoms with Crippen molar-refractivity contribution in [3.63, 3.8) is 0 Å². The number of hydrogen-bond donors (Lipinski definition) is 2. The molecule has 0 saturated carbocycles. The molecule has 2 N–H and O–H groups in total. The second kappa shape index (κ2) is 8.71. The molecule has 3 aromatic rings. The van der Waals surface area contributed by atoms with Gasteiger partial charge < -0.3 is 15.2 Å². The summed E-state index contributed by atoms with van der Waals surface area (Å²) in [4.78, 5) is 6.12. The summed E-state index contributed by atoms with van der Waals surface area (Å²) >= 11 is 3.62. The molecule has 1 aliphatic carbocycles. The Morgan fingerprint density at radius 3 is 2.71 bits per heavy atom. The van der Waals surface area contributed by atoms with Gasteiger partial charge in [-0.1, -0.05) is 35.0 Å². The summed E-state index contributed by atoms with van der Waals surface area (Å²) in [7, 11) is 0. The van der Waals surface area contributed by atoms with Gasteiger partial charge in [0.1, 0.15) is 0 Å². The lowest BCUT2D eigenvalue weighted by molar-refractivity contribution is 0.452. The van der Waals surface area contributed by atoms with E-state index in [1.54, 1.807) is 0 Å². The molecule has 2 aromatic carbocycles. The van der Waals surface area contributed by atoms with E-state index in [-0.39, 0.29) is 0 Å². The zero-order chi connectivity index (χ0) is 19.5. The fraction of sp³-hybridized carbons (Fsp3) is 0.417. The van der Waals surface area contributed by atoms with E-state index in [1.807, 2.05) is 0 Å². The van der Waals surface area contributed by atoms with Gasteiger partial charge in [0, 0.05) is 52.4 Å².